The first-order chi connectivity index (χ1) is 12.9. The van der Waals surface area contributed by atoms with E-state index in [2.05, 4.69) is 10.3 Å². The Hall–Kier alpha value is -3.41. The van der Waals surface area contributed by atoms with Crippen LogP contribution in [0.4, 0.5) is 5.69 Å². The van der Waals surface area contributed by atoms with E-state index >= 15 is 0 Å². The fourth-order valence-corrected chi connectivity index (χ4v) is 2.53. The molecule has 1 N–H and O–H groups in total. The van der Waals surface area contributed by atoms with Crippen molar-refractivity contribution < 1.29 is 18.7 Å². The molecule has 1 atom stereocenters. The minimum atomic E-state index is -0.978. The molecule has 1 amide bonds. The fourth-order valence-electron chi connectivity index (χ4n) is 2.53. The van der Waals surface area contributed by atoms with E-state index < -0.39 is 18.0 Å². The Morgan fingerprint density at radius 1 is 1.07 bits per heavy atom. The van der Waals surface area contributed by atoms with Crippen molar-refractivity contribution in [2.24, 2.45) is 0 Å². The lowest BCUT2D eigenvalue weighted by atomic mass is 10.2. The largest absolute Gasteiger partial charge is 0.448 e. The lowest BCUT2D eigenvalue weighted by molar-refractivity contribution is -0.123. The molecule has 3 aromatic rings. The first-order valence-corrected chi connectivity index (χ1v) is 8.55. The van der Waals surface area contributed by atoms with Crippen LogP contribution in [0.3, 0.4) is 0 Å². The van der Waals surface area contributed by atoms with Crippen LogP contribution in [-0.4, -0.2) is 23.0 Å². The van der Waals surface area contributed by atoms with Crippen molar-refractivity contribution in [1.29, 1.82) is 0 Å². The van der Waals surface area contributed by atoms with Gasteiger partial charge >= 0.3 is 5.97 Å². The predicted molar refractivity (Wildman–Crippen MR) is 101 cm³/mol. The van der Waals surface area contributed by atoms with Crippen LogP contribution >= 0.6 is 0 Å². The molecule has 0 saturated heterocycles. The third-order valence-electron chi connectivity index (χ3n) is 3.95. The van der Waals surface area contributed by atoms with Crippen molar-refractivity contribution in [1.82, 2.24) is 4.98 Å². The van der Waals surface area contributed by atoms with Crippen LogP contribution in [0.2, 0.25) is 0 Å². The highest BCUT2D eigenvalue weighted by Gasteiger charge is 2.24. The molecule has 0 unspecified atom stereocenters. The summed E-state index contributed by atoms with van der Waals surface area (Å²) >= 11 is 0. The minimum Gasteiger partial charge on any atom is -0.448 e. The quantitative estimate of drug-likeness (QED) is 0.688. The van der Waals surface area contributed by atoms with E-state index in [1.807, 2.05) is 55.5 Å². The van der Waals surface area contributed by atoms with Gasteiger partial charge in [-0.1, -0.05) is 30.3 Å². The van der Waals surface area contributed by atoms with Crippen LogP contribution < -0.4 is 5.32 Å². The number of amides is 1. The highest BCUT2D eigenvalue weighted by Crippen LogP contribution is 2.22. The third kappa shape index (κ3) is 4.41. The number of rotatable bonds is 5. The van der Waals surface area contributed by atoms with Crippen molar-refractivity contribution in [3.63, 3.8) is 0 Å². The number of anilines is 1. The van der Waals surface area contributed by atoms with Crippen molar-refractivity contribution in [3.8, 4) is 11.5 Å². The maximum absolute atomic E-state index is 12.4. The molecule has 27 heavy (non-hydrogen) atoms. The topological polar surface area (TPSA) is 81.4 Å². The Kier molecular flexibility index (Phi) is 5.35. The van der Waals surface area contributed by atoms with Gasteiger partial charge in [0.05, 0.1) is 0 Å². The van der Waals surface area contributed by atoms with Crippen LogP contribution in [0, 0.1) is 13.8 Å². The molecule has 0 aliphatic carbocycles. The highest BCUT2D eigenvalue weighted by atomic mass is 16.5. The van der Waals surface area contributed by atoms with Crippen molar-refractivity contribution in [3.05, 3.63) is 71.6 Å². The second-order valence-corrected chi connectivity index (χ2v) is 6.20. The maximum atomic E-state index is 12.4. The van der Waals surface area contributed by atoms with Crippen molar-refractivity contribution >= 4 is 17.6 Å². The van der Waals surface area contributed by atoms with E-state index in [0.717, 1.165) is 11.1 Å². The molecule has 0 radical (unpaired) electrons. The summed E-state index contributed by atoms with van der Waals surface area (Å²) in [5.74, 6) is -0.453. The van der Waals surface area contributed by atoms with E-state index in [4.69, 9.17) is 9.15 Å². The molecule has 6 heteroatoms. The van der Waals surface area contributed by atoms with E-state index in [0.29, 0.717) is 17.3 Å². The second-order valence-electron chi connectivity index (χ2n) is 6.20. The summed E-state index contributed by atoms with van der Waals surface area (Å²) in [5, 5.41) is 2.73. The lowest BCUT2D eigenvalue weighted by Crippen LogP contribution is -2.30. The van der Waals surface area contributed by atoms with Crippen LogP contribution in [-0.2, 0) is 9.53 Å². The first-order valence-electron chi connectivity index (χ1n) is 8.55. The molecule has 0 bridgehead atoms. The summed E-state index contributed by atoms with van der Waals surface area (Å²) in [6, 6.07) is 16.6. The molecule has 0 saturated carbocycles. The smallest absolute Gasteiger partial charge is 0.361 e. The molecule has 6 nitrogen and oxygen atoms in total. The molecule has 0 aliphatic rings. The van der Waals surface area contributed by atoms with Crippen LogP contribution in [0.1, 0.15) is 28.7 Å². The molecule has 3 rings (SSSR count). The number of carbonyl (C=O) groups excluding carboxylic acids is 2. The molecule has 1 heterocycles. The van der Waals surface area contributed by atoms with Gasteiger partial charge in [0.15, 0.2) is 11.8 Å². The summed E-state index contributed by atoms with van der Waals surface area (Å²) in [6.45, 7) is 5.07. The highest BCUT2D eigenvalue weighted by molar-refractivity contribution is 5.97. The number of nitrogens with one attached hydrogen (secondary N) is 1. The zero-order valence-electron chi connectivity index (χ0n) is 15.4. The van der Waals surface area contributed by atoms with Crippen molar-refractivity contribution in [2.45, 2.75) is 26.9 Å². The van der Waals surface area contributed by atoms with Gasteiger partial charge in [0.2, 0.25) is 5.89 Å². The van der Waals surface area contributed by atoms with Gasteiger partial charge in [0.25, 0.3) is 5.91 Å². The third-order valence-corrected chi connectivity index (χ3v) is 3.95. The second kappa shape index (κ2) is 7.86. The van der Waals surface area contributed by atoms with Gasteiger partial charge in [-0.05, 0) is 50.6 Å². The van der Waals surface area contributed by atoms with Crippen LogP contribution in [0.5, 0.6) is 0 Å². The maximum Gasteiger partial charge on any atom is 0.361 e. The number of carbonyl (C=O) groups is 2. The van der Waals surface area contributed by atoms with Crippen LogP contribution in [0.25, 0.3) is 11.5 Å². The first kappa shape index (κ1) is 18.4. The molecule has 0 fully saturated rings. The number of aryl methyl sites for hydroxylation is 2. The molecule has 0 aliphatic heterocycles. The summed E-state index contributed by atoms with van der Waals surface area (Å²) < 4.78 is 10.8. The van der Waals surface area contributed by atoms with Gasteiger partial charge in [-0.25, -0.2) is 9.78 Å². The van der Waals surface area contributed by atoms with Gasteiger partial charge in [0, 0.05) is 11.3 Å². The van der Waals surface area contributed by atoms with E-state index in [9.17, 15) is 9.59 Å². The normalized spacial score (nSPS) is 11.7. The number of hydrogen-bond donors (Lipinski definition) is 1. The summed E-state index contributed by atoms with van der Waals surface area (Å²) in [6.07, 6.45) is -0.978. The summed E-state index contributed by atoms with van der Waals surface area (Å²) in [4.78, 5) is 28.9. The zero-order chi connectivity index (χ0) is 19.4. The monoisotopic (exact) mass is 364 g/mol. The van der Waals surface area contributed by atoms with E-state index in [1.54, 1.807) is 13.0 Å². The van der Waals surface area contributed by atoms with Crippen molar-refractivity contribution in [2.75, 3.05) is 5.32 Å². The number of aromatic nitrogens is 1. The Labute approximate surface area is 157 Å². The van der Waals surface area contributed by atoms with E-state index in [1.165, 1.54) is 6.92 Å². The lowest BCUT2D eigenvalue weighted by Gasteiger charge is -2.13. The number of oxazole rings is 1. The number of benzene rings is 2. The fraction of sp³-hybridized carbons (Fsp3) is 0.190. The molecule has 138 valence electrons. The minimum absolute atomic E-state index is 0.0593. The van der Waals surface area contributed by atoms with Gasteiger partial charge in [0.1, 0.15) is 5.76 Å². The molecular formula is C21H20N2O4. The summed E-state index contributed by atoms with van der Waals surface area (Å²) in [5.41, 5.74) is 2.48. The standard InChI is InChI=1S/C21H20N2O4/c1-13-8-7-11-17(12-13)22-19(24)15(3)27-21(25)18-14(2)26-20(23-18)16-9-5-4-6-10-16/h4-12,15H,1-3H3,(H,22,24)/t15-/m0/s1. The Morgan fingerprint density at radius 3 is 2.52 bits per heavy atom. The Morgan fingerprint density at radius 2 is 1.81 bits per heavy atom. The number of ether oxygens (including phenoxy) is 1. The van der Waals surface area contributed by atoms with Gasteiger partial charge < -0.3 is 14.5 Å². The molecular weight excluding hydrogens is 344 g/mol. The molecule has 0 spiro atoms. The average Bonchev–Trinajstić information content (AvgIpc) is 3.04. The van der Waals surface area contributed by atoms with Gasteiger partial charge in [-0.3, -0.25) is 4.79 Å². The average molecular weight is 364 g/mol. The van der Waals surface area contributed by atoms with Gasteiger partial charge in [-0.15, -0.1) is 0 Å². The van der Waals surface area contributed by atoms with Gasteiger partial charge in [-0.2, -0.15) is 0 Å². The number of nitrogens with zero attached hydrogens (tertiary/aromatic N) is 1. The molecule has 1 aromatic heterocycles. The molecule has 2 aromatic carbocycles. The Balaban J connectivity index is 1.68. The van der Waals surface area contributed by atoms with Crippen LogP contribution in [0.15, 0.2) is 59.0 Å². The zero-order valence-corrected chi connectivity index (χ0v) is 15.4. The number of esters is 1. The SMILES string of the molecule is Cc1cccc(NC(=O)[C@H](C)OC(=O)c2nc(-c3ccccc3)oc2C)c1. The summed E-state index contributed by atoms with van der Waals surface area (Å²) in [7, 11) is 0. The predicted octanol–water partition coefficient (Wildman–Crippen LogP) is 4.14. The Bertz CT molecular complexity index is 963. The number of hydrogen-bond acceptors (Lipinski definition) is 5. The van der Waals surface area contributed by atoms with E-state index in [-0.39, 0.29) is 5.69 Å².